The number of hydrogen-bond acceptors (Lipinski definition) is 6. The van der Waals surface area contributed by atoms with Crippen LogP contribution in [0, 0.1) is 11.3 Å². The molecule has 1 aliphatic heterocycles. The predicted octanol–water partition coefficient (Wildman–Crippen LogP) is 0.399. The first-order valence-corrected chi connectivity index (χ1v) is 8.62. The molecule has 1 saturated heterocycles. The smallest absolute Gasteiger partial charge is 0.214 e. The van der Waals surface area contributed by atoms with Gasteiger partial charge in [0.2, 0.25) is 10.0 Å². The number of nitriles is 1. The van der Waals surface area contributed by atoms with E-state index in [4.69, 9.17) is 5.26 Å². The highest BCUT2D eigenvalue weighted by Crippen LogP contribution is 2.28. The van der Waals surface area contributed by atoms with Crippen LogP contribution in [-0.2, 0) is 10.0 Å². The molecule has 0 atom stereocenters. The topological polar surface area (TPSA) is 99.0 Å². The van der Waals surface area contributed by atoms with Gasteiger partial charge in [-0.05, 0) is 25.7 Å². The molecule has 7 nitrogen and oxygen atoms in total. The minimum Gasteiger partial charge on any atom is -0.354 e. The van der Waals surface area contributed by atoms with Gasteiger partial charge >= 0.3 is 0 Å². The van der Waals surface area contributed by atoms with E-state index in [0.717, 1.165) is 12.8 Å². The van der Waals surface area contributed by atoms with Crippen LogP contribution in [-0.4, -0.2) is 42.8 Å². The summed E-state index contributed by atoms with van der Waals surface area (Å²) in [5, 5.41) is 8.87. The number of sulfonamides is 1. The second kappa shape index (κ2) is 5.58. The van der Waals surface area contributed by atoms with Crippen LogP contribution >= 0.6 is 0 Å². The summed E-state index contributed by atoms with van der Waals surface area (Å²) < 4.78 is 26.6. The Bertz CT molecular complexity index is 657. The molecule has 0 bridgehead atoms. The normalized spacial score (nSPS) is 20.2. The van der Waals surface area contributed by atoms with Crippen LogP contribution in [0.4, 0.5) is 5.82 Å². The van der Waals surface area contributed by atoms with E-state index in [2.05, 4.69) is 14.7 Å². The number of rotatable bonds is 4. The molecular formula is C13H17N5O2S. The van der Waals surface area contributed by atoms with Crippen LogP contribution in [0.1, 0.15) is 31.4 Å². The Balaban J connectivity index is 1.61. The molecule has 0 amide bonds. The van der Waals surface area contributed by atoms with E-state index in [-0.39, 0.29) is 11.3 Å². The maximum absolute atomic E-state index is 11.9. The Morgan fingerprint density at radius 1 is 1.19 bits per heavy atom. The summed E-state index contributed by atoms with van der Waals surface area (Å²) in [6.07, 6.45) is 6.05. The van der Waals surface area contributed by atoms with Crippen LogP contribution in [0.2, 0.25) is 0 Å². The summed E-state index contributed by atoms with van der Waals surface area (Å²) in [4.78, 5) is 10.2. The van der Waals surface area contributed by atoms with E-state index in [1.54, 1.807) is 6.20 Å². The molecule has 0 unspecified atom stereocenters. The van der Waals surface area contributed by atoms with Crippen LogP contribution < -0.4 is 9.62 Å². The molecule has 0 aromatic carbocycles. The van der Waals surface area contributed by atoms with Crippen LogP contribution in [0.25, 0.3) is 0 Å². The molecule has 2 heterocycles. The minimum absolute atomic E-state index is 0.0194. The SMILES string of the molecule is N#Cc1nccnc1N1CCC(NS(=O)(=O)C2CC2)CC1. The lowest BCUT2D eigenvalue weighted by Gasteiger charge is -2.33. The molecule has 0 radical (unpaired) electrons. The third kappa shape index (κ3) is 3.14. The van der Waals surface area contributed by atoms with E-state index in [0.29, 0.717) is 37.4 Å². The predicted molar refractivity (Wildman–Crippen MR) is 77.1 cm³/mol. The second-order valence-electron chi connectivity index (χ2n) is 5.46. The number of hydrogen-bond donors (Lipinski definition) is 1. The van der Waals surface area contributed by atoms with Crippen molar-refractivity contribution in [1.29, 1.82) is 5.26 Å². The number of aromatic nitrogens is 2. The van der Waals surface area contributed by atoms with Crippen LogP contribution in [0.5, 0.6) is 0 Å². The first-order valence-electron chi connectivity index (χ1n) is 7.07. The summed E-state index contributed by atoms with van der Waals surface area (Å²) in [6.45, 7) is 1.34. The minimum atomic E-state index is -3.13. The van der Waals surface area contributed by atoms with Gasteiger partial charge in [0.05, 0.1) is 5.25 Å². The molecule has 1 aromatic rings. The fourth-order valence-electron chi connectivity index (χ4n) is 2.56. The van der Waals surface area contributed by atoms with Crippen molar-refractivity contribution in [2.45, 2.75) is 37.0 Å². The largest absolute Gasteiger partial charge is 0.354 e. The molecule has 1 saturated carbocycles. The van der Waals surface area contributed by atoms with Gasteiger partial charge in [0.15, 0.2) is 11.5 Å². The van der Waals surface area contributed by atoms with Crippen molar-refractivity contribution in [2.24, 2.45) is 0 Å². The molecule has 1 aliphatic carbocycles. The van der Waals surface area contributed by atoms with Crippen molar-refractivity contribution in [3.63, 3.8) is 0 Å². The molecule has 0 spiro atoms. The molecule has 112 valence electrons. The van der Waals surface area contributed by atoms with E-state index in [1.165, 1.54) is 6.20 Å². The van der Waals surface area contributed by atoms with E-state index >= 15 is 0 Å². The zero-order valence-corrected chi connectivity index (χ0v) is 12.4. The van der Waals surface area contributed by atoms with Gasteiger partial charge in [-0.2, -0.15) is 5.26 Å². The van der Waals surface area contributed by atoms with Gasteiger partial charge < -0.3 is 4.90 Å². The van der Waals surface area contributed by atoms with Crippen molar-refractivity contribution in [3.8, 4) is 6.07 Å². The van der Waals surface area contributed by atoms with E-state index in [1.807, 2.05) is 11.0 Å². The average molecular weight is 307 g/mol. The lowest BCUT2D eigenvalue weighted by Crippen LogP contribution is -2.46. The summed E-state index contributed by atoms with van der Waals surface area (Å²) in [7, 11) is -3.13. The summed E-state index contributed by atoms with van der Waals surface area (Å²) in [5.41, 5.74) is 0.314. The molecule has 1 N–H and O–H groups in total. The van der Waals surface area contributed by atoms with Gasteiger partial charge in [-0.25, -0.2) is 23.1 Å². The summed E-state index contributed by atoms with van der Waals surface area (Å²) >= 11 is 0. The highest BCUT2D eigenvalue weighted by atomic mass is 32.2. The molecular weight excluding hydrogens is 290 g/mol. The van der Waals surface area contributed by atoms with Gasteiger partial charge in [0, 0.05) is 31.5 Å². The Labute approximate surface area is 124 Å². The van der Waals surface area contributed by atoms with Crippen molar-refractivity contribution < 1.29 is 8.42 Å². The number of anilines is 1. The average Bonchev–Trinajstić information content (AvgIpc) is 3.33. The first-order chi connectivity index (χ1) is 10.1. The Morgan fingerprint density at radius 2 is 1.86 bits per heavy atom. The van der Waals surface area contributed by atoms with E-state index < -0.39 is 10.0 Å². The van der Waals surface area contributed by atoms with Gasteiger partial charge in [-0.15, -0.1) is 0 Å². The Morgan fingerprint density at radius 3 is 2.48 bits per heavy atom. The van der Waals surface area contributed by atoms with Crippen LogP contribution in [0.15, 0.2) is 12.4 Å². The summed E-state index contributed by atoms with van der Waals surface area (Å²) in [6, 6.07) is 2.02. The maximum atomic E-state index is 11.9. The third-order valence-electron chi connectivity index (χ3n) is 3.87. The molecule has 21 heavy (non-hydrogen) atoms. The van der Waals surface area contributed by atoms with Crippen LogP contribution in [0.3, 0.4) is 0 Å². The van der Waals surface area contributed by atoms with Crippen molar-refractivity contribution >= 4 is 15.8 Å². The number of piperidine rings is 1. The van der Waals surface area contributed by atoms with Crippen molar-refractivity contribution in [2.75, 3.05) is 18.0 Å². The van der Waals surface area contributed by atoms with Gasteiger partial charge in [0.25, 0.3) is 0 Å². The Kier molecular flexibility index (Phi) is 3.78. The molecule has 3 rings (SSSR count). The number of nitrogens with one attached hydrogen (secondary N) is 1. The van der Waals surface area contributed by atoms with Crippen molar-refractivity contribution in [3.05, 3.63) is 18.1 Å². The standard InChI is InChI=1S/C13H17N5O2S/c14-9-12-13(16-6-5-15-12)18-7-3-10(4-8-18)17-21(19,20)11-1-2-11/h5-6,10-11,17H,1-4,7-8H2. The van der Waals surface area contributed by atoms with Gasteiger partial charge in [-0.3, -0.25) is 0 Å². The highest BCUT2D eigenvalue weighted by Gasteiger charge is 2.37. The zero-order valence-electron chi connectivity index (χ0n) is 11.6. The second-order valence-corrected chi connectivity index (χ2v) is 7.46. The summed E-state index contributed by atoms with van der Waals surface area (Å²) in [5.74, 6) is 0.587. The zero-order chi connectivity index (χ0) is 14.9. The fourth-order valence-corrected chi connectivity index (χ4v) is 4.21. The quantitative estimate of drug-likeness (QED) is 0.864. The fraction of sp³-hybridized carbons (Fsp3) is 0.615. The molecule has 2 aliphatic rings. The lowest BCUT2D eigenvalue weighted by molar-refractivity contribution is 0.457. The van der Waals surface area contributed by atoms with Gasteiger partial charge in [0.1, 0.15) is 6.07 Å². The molecule has 1 aromatic heterocycles. The number of nitrogens with zero attached hydrogens (tertiary/aromatic N) is 4. The first kappa shape index (κ1) is 14.2. The molecule has 2 fully saturated rings. The van der Waals surface area contributed by atoms with Crippen molar-refractivity contribution in [1.82, 2.24) is 14.7 Å². The lowest BCUT2D eigenvalue weighted by atomic mass is 10.1. The van der Waals surface area contributed by atoms with Gasteiger partial charge in [-0.1, -0.05) is 0 Å². The third-order valence-corrected chi connectivity index (χ3v) is 5.88. The maximum Gasteiger partial charge on any atom is 0.214 e. The highest BCUT2D eigenvalue weighted by molar-refractivity contribution is 7.90. The van der Waals surface area contributed by atoms with E-state index in [9.17, 15) is 8.42 Å². The Hall–Kier alpha value is -1.72. The monoisotopic (exact) mass is 307 g/mol. The molecule has 8 heteroatoms.